The van der Waals surface area contributed by atoms with Crippen LogP contribution >= 0.6 is 0 Å². The summed E-state index contributed by atoms with van der Waals surface area (Å²) in [6, 6.07) is 26.7. The van der Waals surface area contributed by atoms with Crippen LogP contribution in [0.1, 0.15) is 32.4 Å². The molecule has 4 aromatic carbocycles. The van der Waals surface area contributed by atoms with Crippen LogP contribution in [0.5, 0.6) is 11.5 Å². The maximum Gasteiger partial charge on any atom is 0.256 e. The molecule has 0 spiro atoms. The third-order valence-electron chi connectivity index (χ3n) is 4.96. The second kappa shape index (κ2) is 10.4. The normalized spacial score (nSPS) is 10.6. The van der Waals surface area contributed by atoms with Crippen molar-refractivity contribution in [2.45, 2.75) is 6.17 Å². The third-order valence-corrected chi connectivity index (χ3v) is 4.96. The monoisotopic (exact) mass is 458 g/mol. The Bertz CT molecular complexity index is 1250. The van der Waals surface area contributed by atoms with Crippen LogP contribution in [0.15, 0.2) is 103 Å². The molecular weight excluding hydrogens is 438 g/mol. The number of nitrogens with one attached hydrogen (secondary N) is 2. The summed E-state index contributed by atoms with van der Waals surface area (Å²) in [5.41, 5.74) is 0.0662. The Morgan fingerprint density at radius 3 is 1.68 bits per heavy atom. The minimum atomic E-state index is -1.10. The Labute approximate surface area is 195 Å². The zero-order chi connectivity index (χ0) is 23.9. The highest BCUT2D eigenvalue weighted by Gasteiger charge is 2.22. The Morgan fingerprint density at radius 1 is 0.618 bits per heavy atom. The molecule has 0 atom stereocenters. The minimum Gasteiger partial charge on any atom is -0.457 e. The predicted octanol–water partition coefficient (Wildman–Crippen LogP) is 5.62. The van der Waals surface area contributed by atoms with Gasteiger partial charge in [-0.15, -0.1) is 0 Å². The fourth-order valence-electron chi connectivity index (χ4n) is 3.29. The molecule has 0 saturated heterocycles. The standard InChI is InChI=1S/C27H20F2N2O3/c28-23-15-6-4-13-21(23)26(32)30-25(31-27(33)22-14-5-7-16-24(22)29)18-9-8-12-20(17-18)34-19-10-2-1-3-11-19/h1-17,25H,(H,30,32)(H,31,33). The second-order valence-electron chi connectivity index (χ2n) is 7.33. The van der Waals surface area contributed by atoms with Crippen molar-refractivity contribution in [1.29, 1.82) is 0 Å². The summed E-state index contributed by atoms with van der Waals surface area (Å²) in [4.78, 5) is 25.6. The maximum absolute atomic E-state index is 14.2. The summed E-state index contributed by atoms with van der Waals surface area (Å²) in [6.07, 6.45) is -1.10. The largest absolute Gasteiger partial charge is 0.457 e. The number of amides is 2. The molecule has 0 saturated carbocycles. The fraction of sp³-hybridized carbons (Fsp3) is 0.0370. The van der Waals surface area contributed by atoms with Gasteiger partial charge in [-0.1, -0.05) is 54.6 Å². The first-order valence-electron chi connectivity index (χ1n) is 10.4. The Kier molecular flexibility index (Phi) is 6.93. The molecule has 0 bridgehead atoms. The molecule has 0 aromatic heterocycles. The number of carbonyl (C=O) groups is 2. The maximum atomic E-state index is 14.2. The number of benzene rings is 4. The SMILES string of the molecule is O=C(NC(NC(=O)c1ccccc1F)c1cccc(Oc2ccccc2)c1)c1ccccc1F. The predicted molar refractivity (Wildman–Crippen MR) is 123 cm³/mol. The lowest BCUT2D eigenvalue weighted by atomic mass is 10.1. The van der Waals surface area contributed by atoms with Crippen molar-refractivity contribution in [3.05, 3.63) is 131 Å². The van der Waals surface area contributed by atoms with Crippen LogP contribution in [0.4, 0.5) is 8.78 Å². The van der Waals surface area contributed by atoms with Crippen molar-refractivity contribution in [2.75, 3.05) is 0 Å². The topological polar surface area (TPSA) is 67.4 Å². The molecule has 2 amide bonds. The quantitative estimate of drug-likeness (QED) is 0.354. The number of carbonyl (C=O) groups excluding carboxylic acids is 2. The van der Waals surface area contributed by atoms with Gasteiger partial charge in [0.2, 0.25) is 0 Å². The number of ether oxygens (including phenoxy) is 1. The number of halogens is 2. The second-order valence-corrected chi connectivity index (χ2v) is 7.33. The molecule has 5 nitrogen and oxygen atoms in total. The van der Waals surface area contributed by atoms with Crippen molar-refractivity contribution in [1.82, 2.24) is 10.6 Å². The van der Waals surface area contributed by atoms with Crippen molar-refractivity contribution in [3.8, 4) is 11.5 Å². The van der Waals surface area contributed by atoms with Gasteiger partial charge in [-0.25, -0.2) is 8.78 Å². The number of hydrogen-bond donors (Lipinski definition) is 2. The highest BCUT2D eigenvalue weighted by Crippen LogP contribution is 2.24. The molecule has 0 aliphatic heterocycles. The van der Waals surface area contributed by atoms with Gasteiger partial charge in [-0.3, -0.25) is 9.59 Å². The van der Waals surface area contributed by atoms with E-state index in [1.165, 1.54) is 36.4 Å². The fourth-order valence-corrected chi connectivity index (χ4v) is 3.29. The van der Waals surface area contributed by atoms with E-state index < -0.39 is 29.6 Å². The van der Waals surface area contributed by atoms with Gasteiger partial charge in [0.25, 0.3) is 11.8 Å². The molecule has 0 heterocycles. The summed E-state index contributed by atoms with van der Waals surface area (Å²) < 4.78 is 34.2. The molecule has 2 N–H and O–H groups in total. The number of hydrogen-bond acceptors (Lipinski definition) is 3. The van der Waals surface area contributed by atoms with Gasteiger partial charge >= 0.3 is 0 Å². The summed E-state index contributed by atoms with van der Waals surface area (Å²) in [6.45, 7) is 0. The van der Waals surface area contributed by atoms with E-state index in [-0.39, 0.29) is 11.1 Å². The van der Waals surface area contributed by atoms with Crippen LogP contribution < -0.4 is 15.4 Å². The van der Waals surface area contributed by atoms with Crippen LogP contribution in [-0.4, -0.2) is 11.8 Å². The van der Waals surface area contributed by atoms with Crippen LogP contribution in [-0.2, 0) is 0 Å². The van der Waals surface area contributed by atoms with Crippen LogP contribution in [0.3, 0.4) is 0 Å². The zero-order valence-corrected chi connectivity index (χ0v) is 17.9. The van der Waals surface area contributed by atoms with Gasteiger partial charge in [-0.2, -0.15) is 0 Å². The molecule has 7 heteroatoms. The Balaban J connectivity index is 1.64. The molecule has 4 rings (SSSR count). The highest BCUT2D eigenvalue weighted by atomic mass is 19.1. The lowest BCUT2D eigenvalue weighted by Gasteiger charge is -2.22. The summed E-state index contributed by atoms with van der Waals surface area (Å²) >= 11 is 0. The van der Waals surface area contributed by atoms with Gasteiger partial charge in [0, 0.05) is 0 Å². The molecule has 4 aromatic rings. The van der Waals surface area contributed by atoms with E-state index in [4.69, 9.17) is 4.74 Å². The number of rotatable bonds is 7. The Hall–Kier alpha value is -4.52. The van der Waals surface area contributed by atoms with Gasteiger partial charge in [0.15, 0.2) is 0 Å². The van der Waals surface area contributed by atoms with Gasteiger partial charge in [0.1, 0.15) is 29.3 Å². The van der Waals surface area contributed by atoms with Crippen molar-refractivity contribution >= 4 is 11.8 Å². The number of para-hydroxylation sites is 1. The lowest BCUT2D eigenvalue weighted by molar-refractivity contribution is 0.0879. The van der Waals surface area contributed by atoms with Gasteiger partial charge in [0.05, 0.1) is 11.1 Å². The first-order chi connectivity index (χ1) is 16.5. The molecular formula is C27H20F2N2O3. The average Bonchev–Trinajstić information content (AvgIpc) is 2.85. The summed E-state index contributed by atoms with van der Waals surface area (Å²) in [5, 5.41) is 5.23. The summed E-state index contributed by atoms with van der Waals surface area (Å²) in [7, 11) is 0. The van der Waals surface area contributed by atoms with Crippen LogP contribution in [0.2, 0.25) is 0 Å². The van der Waals surface area contributed by atoms with Gasteiger partial charge < -0.3 is 15.4 Å². The van der Waals surface area contributed by atoms with Gasteiger partial charge in [-0.05, 0) is 54.1 Å². The third kappa shape index (κ3) is 5.45. The van der Waals surface area contributed by atoms with E-state index in [9.17, 15) is 18.4 Å². The van der Waals surface area contributed by atoms with Crippen molar-refractivity contribution in [2.24, 2.45) is 0 Å². The minimum absolute atomic E-state index is 0.190. The lowest BCUT2D eigenvalue weighted by Crippen LogP contribution is -2.41. The average molecular weight is 458 g/mol. The molecule has 0 aliphatic rings. The van der Waals surface area contributed by atoms with Crippen molar-refractivity contribution in [3.63, 3.8) is 0 Å². The molecule has 0 radical (unpaired) electrons. The molecule has 0 aliphatic carbocycles. The van der Waals surface area contributed by atoms with E-state index in [0.717, 1.165) is 12.1 Å². The van der Waals surface area contributed by atoms with E-state index in [2.05, 4.69) is 10.6 Å². The van der Waals surface area contributed by atoms with E-state index in [1.54, 1.807) is 36.4 Å². The van der Waals surface area contributed by atoms with E-state index >= 15 is 0 Å². The molecule has 34 heavy (non-hydrogen) atoms. The first kappa shape index (κ1) is 22.7. The highest BCUT2D eigenvalue weighted by molar-refractivity contribution is 5.97. The molecule has 0 fully saturated rings. The van der Waals surface area contributed by atoms with Crippen molar-refractivity contribution < 1.29 is 23.1 Å². The first-order valence-corrected chi connectivity index (χ1v) is 10.4. The smallest absolute Gasteiger partial charge is 0.256 e. The van der Waals surface area contributed by atoms with E-state index in [1.807, 2.05) is 18.2 Å². The summed E-state index contributed by atoms with van der Waals surface area (Å²) in [5.74, 6) is -1.85. The zero-order valence-electron chi connectivity index (χ0n) is 17.9. The van der Waals surface area contributed by atoms with Crippen LogP contribution in [0.25, 0.3) is 0 Å². The molecule has 170 valence electrons. The van der Waals surface area contributed by atoms with Crippen LogP contribution in [0, 0.1) is 11.6 Å². The molecule has 0 unspecified atom stereocenters. The Morgan fingerprint density at radius 2 is 1.12 bits per heavy atom. The van der Waals surface area contributed by atoms with E-state index in [0.29, 0.717) is 17.1 Å².